The number of aliphatic hydroxyl groups is 1. The molecule has 1 amide bonds. The van der Waals surface area contributed by atoms with Gasteiger partial charge in [0.2, 0.25) is 10.0 Å². The topological polar surface area (TPSA) is 121 Å². The third-order valence-corrected chi connectivity index (χ3v) is 8.99. The molecule has 0 aliphatic carbocycles. The smallest absolute Gasteiger partial charge is 0.389 e. The number of rotatable bonds is 8. The van der Waals surface area contributed by atoms with Crippen LogP contribution in [0, 0.1) is 0 Å². The summed E-state index contributed by atoms with van der Waals surface area (Å²) in [6, 6.07) is -0.0709. The van der Waals surface area contributed by atoms with Crippen LogP contribution in [0.15, 0.2) is 28.6 Å². The Bertz CT molecular complexity index is 1370. The second kappa shape index (κ2) is 10.5. The fourth-order valence-corrected chi connectivity index (χ4v) is 6.60. The van der Waals surface area contributed by atoms with E-state index in [1.54, 1.807) is 5.38 Å². The zero-order chi connectivity index (χ0) is 27.1. The number of thiazole rings is 2. The first kappa shape index (κ1) is 28.8. The maximum Gasteiger partial charge on any atom is 0.404 e. The SMILES string of the molecule is C[C@H](NS(=O)(=O)c1ccc(-c2sc(C(=O)NCC(C)(C)O)nc2-c2nccs2)c(Cl)c1Cl)C(F)(F)F. The van der Waals surface area contributed by atoms with Crippen molar-refractivity contribution >= 4 is 61.8 Å². The molecule has 1 atom stereocenters. The lowest BCUT2D eigenvalue weighted by Crippen LogP contribution is -2.43. The van der Waals surface area contributed by atoms with Gasteiger partial charge in [0, 0.05) is 23.7 Å². The molecule has 16 heteroatoms. The molecule has 3 aromatic rings. The zero-order valence-electron chi connectivity index (χ0n) is 18.8. The molecule has 36 heavy (non-hydrogen) atoms. The van der Waals surface area contributed by atoms with Crippen LogP contribution in [0.4, 0.5) is 13.2 Å². The van der Waals surface area contributed by atoms with Gasteiger partial charge in [0.05, 0.1) is 20.5 Å². The van der Waals surface area contributed by atoms with Crippen LogP contribution in [-0.2, 0) is 10.0 Å². The van der Waals surface area contributed by atoms with Gasteiger partial charge in [-0.1, -0.05) is 29.3 Å². The number of carbonyl (C=O) groups excluding carboxylic acids is 1. The van der Waals surface area contributed by atoms with Crippen LogP contribution < -0.4 is 10.0 Å². The number of nitrogens with zero attached hydrogens (tertiary/aromatic N) is 2. The minimum atomic E-state index is -4.81. The molecule has 0 bridgehead atoms. The van der Waals surface area contributed by atoms with Gasteiger partial charge in [0.1, 0.15) is 21.6 Å². The highest BCUT2D eigenvalue weighted by atomic mass is 35.5. The molecule has 2 heterocycles. The number of carbonyl (C=O) groups is 1. The highest BCUT2D eigenvalue weighted by molar-refractivity contribution is 7.89. The van der Waals surface area contributed by atoms with Gasteiger partial charge in [-0.15, -0.1) is 22.7 Å². The van der Waals surface area contributed by atoms with E-state index in [1.165, 1.54) is 42.2 Å². The molecule has 2 aromatic heterocycles. The fourth-order valence-electron chi connectivity index (χ4n) is 2.74. The first-order chi connectivity index (χ1) is 16.5. The van der Waals surface area contributed by atoms with Crippen molar-refractivity contribution in [3.8, 4) is 21.1 Å². The summed E-state index contributed by atoms with van der Waals surface area (Å²) in [6.07, 6.45) is -3.29. The Labute approximate surface area is 222 Å². The van der Waals surface area contributed by atoms with Crippen molar-refractivity contribution in [1.82, 2.24) is 20.0 Å². The Balaban J connectivity index is 2.06. The van der Waals surface area contributed by atoms with Gasteiger partial charge in [0.15, 0.2) is 5.01 Å². The average Bonchev–Trinajstić information content (AvgIpc) is 3.42. The molecule has 3 N–H and O–H groups in total. The van der Waals surface area contributed by atoms with Gasteiger partial charge < -0.3 is 10.4 Å². The second-order valence-electron chi connectivity index (χ2n) is 8.15. The second-order valence-corrected chi connectivity index (χ2v) is 12.5. The van der Waals surface area contributed by atoms with Crippen molar-refractivity contribution in [2.24, 2.45) is 0 Å². The predicted octanol–water partition coefficient (Wildman–Crippen LogP) is 4.97. The van der Waals surface area contributed by atoms with Crippen LogP contribution in [-0.4, -0.2) is 53.8 Å². The molecule has 1 aromatic carbocycles. The van der Waals surface area contributed by atoms with E-state index in [9.17, 15) is 31.5 Å². The van der Waals surface area contributed by atoms with Gasteiger partial charge in [-0.25, -0.2) is 18.4 Å². The largest absolute Gasteiger partial charge is 0.404 e. The molecule has 196 valence electrons. The van der Waals surface area contributed by atoms with Crippen molar-refractivity contribution in [3.05, 3.63) is 38.8 Å². The first-order valence-electron chi connectivity index (χ1n) is 10.00. The van der Waals surface area contributed by atoms with Gasteiger partial charge in [-0.3, -0.25) is 4.79 Å². The maximum absolute atomic E-state index is 12.9. The van der Waals surface area contributed by atoms with Crippen LogP contribution in [0.2, 0.25) is 10.0 Å². The lowest BCUT2D eigenvalue weighted by Gasteiger charge is -2.18. The zero-order valence-corrected chi connectivity index (χ0v) is 22.7. The van der Waals surface area contributed by atoms with E-state index in [4.69, 9.17) is 23.2 Å². The number of halogens is 5. The summed E-state index contributed by atoms with van der Waals surface area (Å²) in [5, 5.41) is 13.8. The van der Waals surface area contributed by atoms with Gasteiger partial charge in [-0.2, -0.15) is 17.9 Å². The van der Waals surface area contributed by atoms with Crippen molar-refractivity contribution in [2.75, 3.05) is 6.54 Å². The Morgan fingerprint density at radius 1 is 1.22 bits per heavy atom. The van der Waals surface area contributed by atoms with Crippen molar-refractivity contribution in [2.45, 2.75) is 43.5 Å². The van der Waals surface area contributed by atoms with E-state index < -0.39 is 43.7 Å². The molecule has 0 unspecified atom stereocenters. The highest BCUT2D eigenvalue weighted by Gasteiger charge is 2.39. The highest BCUT2D eigenvalue weighted by Crippen LogP contribution is 2.44. The Hall–Kier alpha value is -1.81. The quantitative estimate of drug-likeness (QED) is 0.335. The van der Waals surface area contributed by atoms with E-state index >= 15 is 0 Å². The first-order valence-corrected chi connectivity index (χ1v) is 13.9. The van der Waals surface area contributed by atoms with Crippen LogP contribution in [0.1, 0.15) is 30.6 Å². The fraction of sp³-hybridized carbons (Fsp3) is 0.350. The summed E-state index contributed by atoms with van der Waals surface area (Å²) >= 11 is 14.8. The standard InChI is InChI=1S/C20H19Cl2F3N4O4S3/c1-9(20(23,24)25)29-36(32,33)11-5-4-10(12(21)13(11)22)15-14(17-26-6-7-34-17)28-18(35-15)16(30)27-8-19(2,3)31/h4-7,9,29,31H,8H2,1-3H3,(H,27,30)/t9-/m0/s1. The number of hydrogen-bond donors (Lipinski definition) is 3. The van der Waals surface area contributed by atoms with Crippen molar-refractivity contribution < 1.29 is 31.5 Å². The monoisotopic (exact) mass is 602 g/mol. The number of aromatic nitrogens is 2. The number of hydrogen-bond acceptors (Lipinski definition) is 8. The summed E-state index contributed by atoms with van der Waals surface area (Å²) in [7, 11) is -4.67. The van der Waals surface area contributed by atoms with Crippen molar-refractivity contribution in [3.63, 3.8) is 0 Å². The van der Waals surface area contributed by atoms with E-state index in [0.29, 0.717) is 16.8 Å². The van der Waals surface area contributed by atoms with E-state index in [1.807, 2.05) is 0 Å². The molecule has 0 fully saturated rings. The number of amides is 1. The molecule has 3 rings (SSSR count). The minimum absolute atomic E-state index is 0.0176. The molecule has 0 aliphatic heterocycles. The number of sulfonamides is 1. The Morgan fingerprint density at radius 2 is 1.89 bits per heavy atom. The molecule has 8 nitrogen and oxygen atoms in total. The summed E-state index contributed by atoms with van der Waals surface area (Å²) < 4.78 is 65.3. The summed E-state index contributed by atoms with van der Waals surface area (Å²) in [6.45, 7) is 3.64. The normalized spacial score (nSPS) is 13.6. The van der Waals surface area contributed by atoms with Crippen LogP contribution in [0.5, 0.6) is 0 Å². The van der Waals surface area contributed by atoms with Crippen LogP contribution in [0.25, 0.3) is 21.1 Å². The van der Waals surface area contributed by atoms with Gasteiger partial charge in [-0.05, 0) is 26.8 Å². The van der Waals surface area contributed by atoms with Crippen LogP contribution >= 0.6 is 45.9 Å². The molecule has 0 saturated carbocycles. The number of benzene rings is 1. The third kappa shape index (κ3) is 6.54. The van der Waals surface area contributed by atoms with E-state index in [2.05, 4.69) is 15.3 Å². The summed E-state index contributed by atoms with van der Waals surface area (Å²) in [4.78, 5) is 20.9. The van der Waals surface area contributed by atoms with E-state index in [0.717, 1.165) is 17.4 Å². The van der Waals surface area contributed by atoms with E-state index in [-0.39, 0.29) is 27.8 Å². The third-order valence-electron chi connectivity index (χ3n) is 4.54. The summed E-state index contributed by atoms with van der Waals surface area (Å²) in [5.41, 5.74) is -0.682. The van der Waals surface area contributed by atoms with Crippen LogP contribution in [0.3, 0.4) is 0 Å². The minimum Gasteiger partial charge on any atom is -0.389 e. The molecule has 0 radical (unpaired) electrons. The lowest BCUT2D eigenvalue weighted by molar-refractivity contribution is -0.147. The maximum atomic E-state index is 12.9. The predicted molar refractivity (Wildman–Crippen MR) is 133 cm³/mol. The number of alkyl halides is 3. The lowest BCUT2D eigenvalue weighted by atomic mass is 10.1. The number of nitrogens with one attached hydrogen (secondary N) is 2. The molecule has 0 aliphatic rings. The van der Waals surface area contributed by atoms with Crippen molar-refractivity contribution in [1.29, 1.82) is 0 Å². The average molecular weight is 603 g/mol. The molecular weight excluding hydrogens is 584 g/mol. The Morgan fingerprint density at radius 3 is 2.44 bits per heavy atom. The summed E-state index contributed by atoms with van der Waals surface area (Å²) in [5.74, 6) is -0.571. The van der Waals surface area contributed by atoms with Gasteiger partial charge >= 0.3 is 6.18 Å². The molecule has 0 spiro atoms. The van der Waals surface area contributed by atoms with Gasteiger partial charge in [0.25, 0.3) is 5.91 Å². The molecular formula is C20H19Cl2F3N4O4S3. The Kier molecular flexibility index (Phi) is 8.40. The molecule has 0 saturated heterocycles.